The number of nitrogen functional groups attached to an aromatic ring is 1. The van der Waals surface area contributed by atoms with Crippen molar-refractivity contribution < 1.29 is 0 Å². The van der Waals surface area contributed by atoms with Gasteiger partial charge in [0, 0.05) is 4.88 Å². The molecule has 8 heteroatoms. The molecule has 0 aliphatic heterocycles. The third kappa shape index (κ3) is 2.81. The lowest BCUT2D eigenvalue weighted by atomic mass is 9.89. The summed E-state index contributed by atoms with van der Waals surface area (Å²) in [6, 6.07) is 2.21. The molecule has 0 fully saturated rings. The quantitative estimate of drug-likeness (QED) is 0.672. The van der Waals surface area contributed by atoms with Crippen molar-refractivity contribution in [1.82, 2.24) is 20.2 Å². The van der Waals surface area contributed by atoms with Gasteiger partial charge in [0.1, 0.15) is 21.7 Å². The molecule has 6 nitrogen and oxygen atoms in total. The van der Waals surface area contributed by atoms with Crippen molar-refractivity contribution in [3.63, 3.8) is 0 Å². The van der Waals surface area contributed by atoms with Crippen LogP contribution in [0.1, 0.15) is 40.6 Å². The van der Waals surface area contributed by atoms with Crippen LogP contribution >= 0.6 is 23.1 Å². The van der Waals surface area contributed by atoms with Gasteiger partial charge in [-0.05, 0) is 61.9 Å². The Balaban J connectivity index is 1.78. The van der Waals surface area contributed by atoms with Crippen LogP contribution in [0.3, 0.4) is 0 Å². The molecule has 26 heavy (non-hydrogen) atoms. The maximum absolute atomic E-state index is 9.47. The fourth-order valence-electron chi connectivity index (χ4n) is 3.27. The highest BCUT2D eigenvalue weighted by Gasteiger charge is 2.24. The van der Waals surface area contributed by atoms with Gasteiger partial charge in [-0.25, -0.2) is 9.97 Å². The van der Waals surface area contributed by atoms with Crippen molar-refractivity contribution in [3.8, 4) is 6.07 Å². The van der Waals surface area contributed by atoms with E-state index in [4.69, 9.17) is 10.7 Å². The molecule has 0 saturated heterocycles. The molecule has 2 N–H and O–H groups in total. The number of hydrogen-bond donors (Lipinski definition) is 1. The van der Waals surface area contributed by atoms with Gasteiger partial charge >= 0.3 is 0 Å². The average molecular weight is 383 g/mol. The van der Waals surface area contributed by atoms with Crippen molar-refractivity contribution in [2.24, 2.45) is 5.92 Å². The summed E-state index contributed by atoms with van der Waals surface area (Å²) in [7, 11) is 0. The summed E-state index contributed by atoms with van der Waals surface area (Å²) in [5, 5.41) is 19.8. The normalized spacial score (nSPS) is 16.5. The smallest absolute Gasteiger partial charge is 0.197 e. The molecule has 0 unspecified atom stereocenters. The lowest BCUT2D eigenvalue weighted by molar-refractivity contribution is 0.509. The van der Waals surface area contributed by atoms with Crippen LogP contribution in [0.4, 0.5) is 5.82 Å². The first-order valence-corrected chi connectivity index (χ1v) is 10.1. The molecule has 0 amide bonds. The zero-order chi connectivity index (χ0) is 18.4. The zero-order valence-electron chi connectivity index (χ0n) is 14.8. The van der Waals surface area contributed by atoms with E-state index in [2.05, 4.69) is 28.2 Å². The Morgan fingerprint density at radius 1 is 1.27 bits per heavy atom. The zero-order valence-corrected chi connectivity index (χ0v) is 16.5. The first-order chi connectivity index (χ1) is 12.5. The number of aromatic nitrogens is 4. The van der Waals surface area contributed by atoms with Gasteiger partial charge in [0.25, 0.3) is 0 Å². The van der Waals surface area contributed by atoms with Crippen LogP contribution in [0, 0.1) is 31.1 Å². The Bertz CT molecular complexity index is 1070. The van der Waals surface area contributed by atoms with Crippen LogP contribution in [0.5, 0.6) is 0 Å². The number of aryl methyl sites for hydroxylation is 2. The number of hydrogen-bond acceptors (Lipinski definition) is 8. The maximum Gasteiger partial charge on any atom is 0.197 e. The standard InChI is InChI=1S/C18H18N6S2/c1-8-4-5-11-13(6-8)25-17-14(11)15(20)21-18(22-17)26-16-12(7-19)9(2)10(3)23-24-16/h8H,4-6H2,1-3H3,(H2,20,21,22)/t8-/m0/s1. The first-order valence-electron chi connectivity index (χ1n) is 8.47. The largest absolute Gasteiger partial charge is 0.383 e. The molecule has 1 aliphatic carbocycles. The Morgan fingerprint density at radius 3 is 2.85 bits per heavy atom. The van der Waals surface area contributed by atoms with E-state index in [-0.39, 0.29) is 0 Å². The monoisotopic (exact) mass is 382 g/mol. The van der Waals surface area contributed by atoms with Crippen molar-refractivity contribution >= 4 is 39.1 Å². The van der Waals surface area contributed by atoms with Crippen LogP contribution in [0.25, 0.3) is 10.2 Å². The van der Waals surface area contributed by atoms with E-state index in [0.717, 1.165) is 34.3 Å². The molecule has 4 rings (SSSR count). The van der Waals surface area contributed by atoms with Gasteiger partial charge in [-0.3, -0.25) is 0 Å². The molecular formula is C18H18N6S2. The molecule has 1 atom stereocenters. The Morgan fingerprint density at radius 2 is 2.08 bits per heavy atom. The van der Waals surface area contributed by atoms with Gasteiger partial charge in [0.15, 0.2) is 5.16 Å². The number of thiophene rings is 1. The molecule has 0 aromatic carbocycles. The van der Waals surface area contributed by atoms with E-state index in [9.17, 15) is 5.26 Å². The van der Waals surface area contributed by atoms with Crippen LogP contribution in [0.15, 0.2) is 10.2 Å². The van der Waals surface area contributed by atoms with E-state index < -0.39 is 0 Å². The van der Waals surface area contributed by atoms with Gasteiger partial charge in [0.05, 0.1) is 16.6 Å². The molecule has 0 spiro atoms. The number of nitrogens with zero attached hydrogens (tertiary/aromatic N) is 5. The molecule has 3 heterocycles. The number of anilines is 1. The molecule has 132 valence electrons. The number of nitriles is 1. The van der Waals surface area contributed by atoms with Crippen LogP contribution < -0.4 is 5.73 Å². The van der Waals surface area contributed by atoms with Gasteiger partial charge in [-0.2, -0.15) is 10.4 Å². The van der Waals surface area contributed by atoms with E-state index in [1.54, 1.807) is 11.3 Å². The molecule has 0 bridgehead atoms. The summed E-state index contributed by atoms with van der Waals surface area (Å²) < 4.78 is 0. The van der Waals surface area contributed by atoms with Gasteiger partial charge in [0.2, 0.25) is 0 Å². The predicted molar refractivity (Wildman–Crippen MR) is 103 cm³/mol. The topological polar surface area (TPSA) is 101 Å². The molecule has 3 aromatic heterocycles. The van der Waals surface area contributed by atoms with Gasteiger partial charge < -0.3 is 5.73 Å². The Kier molecular flexibility index (Phi) is 4.29. The highest BCUT2D eigenvalue weighted by molar-refractivity contribution is 7.99. The average Bonchev–Trinajstić information content (AvgIpc) is 2.96. The third-order valence-electron chi connectivity index (χ3n) is 4.88. The minimum atomic E-state index is 0.510. The van der Waals surface area contributed by atoms with Crippen molar-refractivity contribution in [3.05, 3.63) is 27.3 Å². The summed E-state index contributed by atoms with van der Waals surface area (Å²) in [6.45, 7) is 6.00. The van der Waals surface area contributed by atoms with Crippen LogP contribution in [0.2, 0.25) is 0 Å². The van der Waals surface area contributed by atoms with E-state index in [0.29, 0.717) is 27.5 Å². The number of fused-ring (bicyclic) bond motifs is 3. The fourth-order valence-corrected chi connectivity index (χ4v) is 5.56. The molecule has 3 aromatic rings. The molecule has 0 saturated carbocycles. The minimum Gasteiger partial charge on any atom is -0.383 e. The second-order valence-electron chi connectivity index (χ2n) is 6.73. The molecular weight excluding hydrogens is 364 g/mol. The summed E-state index contributed by atoms with van der Waals surface area (Å²) in [5.41, 5.74) is 9.70. The van der Waals surface area contributed by atoms with E-state index >= 15 is 0 Å². The summed E-state index contributed by atoms with van der Waals surface area (Å²) in [5.74, 6) is 1.21. The van der Waals surface area contributed by atoms with E-state index in [1.165, 1.54) is 28.6 Å². The highest BCUT2D eigenvalue weighted by atomic mass is 32.2. The Labute approximate surface area is 159 Å². The summed E-state index contributed by atoms with van der Waals surface area (Å²) in [6.07, 6.45) is 3.30. The van der Waals surface area contributed by atoms with E-state index in [1.807, 2.05) is 13.8 Å². The summed E-state index contributed by atoms with van der Waals surface area (Å²) >= 11 is 2.96. The second-order valence-corrected chi connectivity index (χ2v) is 8.77. The third-order valence-corrected chi connectivity index (χ3v) is 6.88. The van der Waals surface area contributed by atoms with Gasteiger partial charge in [-0.1, -0.05) is 6.92 Å². The maximum atomic E-state index is 9.47. The van der Waals surface area contributed by atoms with Crippen LogP contribution in [-0.2, 0) is 12.8 Å². The lowest BCUT2D eigenvalue weighted by Gasteiger charge is -2.17. The lowest BCUT2D eigenvalue weighted by Crippen LogP contribution is -2.09. The molecule has 0 radical (unpaired) electrons. The SMILES string of the molecule is Cc1nnc(Sc2nc(N)c3c4c(sc3n2)C[C@@H](C)CC4)c(C#N)c1C. The summed E-state index contributed by atoms with van der Waals surface area (Å²) in [4.78, 5) is 11.5. The first kappa shape index (κ1) is 17.2. The minimum absolute atomic E-state index is 0.510. The fraction of sp³-hybridized carbons (Fsp3) is 0.389. The highest BCUT2D eigenvalue weighted by Crippen LogP contribution is 2.40. The van der Waals surface area contributed by atoms with Gasteiger partial charge in [-0.15, -0.1) is 16.4 Å². The van der Waals surface area contributed by atoms with Crippen molar-refractivity contribution in [1.29, 1.82) is 5.26 Å². The predicted octanol–water partition coefficient (Wildman–Crippen LogP) is 3.83. The van der Waals surface area contributed by atoms with Crippen molar-refractivity contribution in [2.75, 3.05) is 5.73 Å². The second kappa shape index (κ2) is 6.49. The van der Waals surface area contributed by atoms with Crippen LogP contribution in [-0.4, -0.2) is 20.2 Å². The number of nitrogens with two attached hydrogens (primary N) is 1. The number of rotatable bonds is 2. The van der Waals surface area contributed by atoms with Crippen molar-refractivity contribution in [2.45, 2.75) is 50.2 Å². The molecule has 1 aliphatic rings. The Hall–Kier alpha value is -2.24.